The summed E-state index contributed by atoms with van der Waals surface area (Å²) >= 11 is 0. The summed E-state index contributed by atoms with van der Waals surface area (Å²) < 4.78 is 5.39. The number of methoxy groups -OCH3 is 1. The molecule has 0 aromatic heterocycles. The van der Waals surface area contributed by atoms with Gasteiger partial charge in [0.25, 0.3) is 5.91 Å². The Morgan fingerprint density at radius 2 is 1.60 bits per heavy atom. The van der Waals surface area contributed by atoms with Crippen LogP contribution < -0.4 is 15.4 Å². The van der Waals surface area contributed by atoms with Crippen LogP contribution in [0.25, 0.3) is 0 Å². The molecule has 3 rings (SSSR count). The maximum absolute atomic E-state index is 12.5. The highest BCUT2D eigenvalue weighted by atomic mass is 16.5. The second kappa shape index (κ2) is 8.02. The van der Waals surface area contributed by atoms with Crippen LogP contribution in [0.15, 0.2) is 78.9 Å². The summed E-state index contributed by atoms with van der Waals surface area (Å²) in [7, 11) is 1.62. The van der Waals surface area contributed by atoms with Gasteiger partial charge in [-0.2, -0.15) is 0 Å². The van der Waals surface area contributed by atoms with Crippen LogP contribution in [0.5, 0.6) is 5.75 Å². The summed E-state index contributed by atoms with van der Waals surface area (Å²) in [6, 6.07) is 24.8. The zero-order valence-corrected chi connectivity index (χ0v) is 14.0. The smallest absolute Gasteiger partial charge is 0.255 e. The Kier molecular flexibility index (Phi) is 5.32. The van der Waals surface area contributed by atoms with Crippen LogP contribution in [0.2, 0.25) is 0 Å². The highest BCUT2D eigenvalue weighted by molar-refractivity contribution is 6.05. The Balaban J connectivity index is 1.76. The van der Waals surface area contributed by atoms with E-state index in [4.69, 9.17) is 4.74 Å². The van der Waals surface area contributed by atoms with Crippen LogP contribution in [0.4, 0.5) is 11.4 Å². The first-order valence-corrected chi connectivity index (χ1v) is 8.08. The van der Waals surface area contributed by atoms with Gasteiger partial charge >= 0.3 is 0 Å². The zero-order valence-electron chi connectivity index (χ0n) is 14.0. The van der Waals surface area contributed by atoms with Gasteiger partial charge in [-0.3, -0.25) is 4.79 Å². The van der Waals surface area contributed by atoms with E-state index in [0.717, 1.165) is 16.9 Å². The van der Waals surface area contributed by atoms with E-state index >= 15 is 0 Å². The van der Waals surface area contributed by atoms with E-state index in [1.54, 1.807) is 25.3 Å². The number of ether oxygens (including phenoxy) is 1. The van der Waals surface area contributed by atoms with E-state index in [0.29, 0.717) is 17.9 Å². The van der Waals surface area contributed by atoms with Gasteiger partial charge in [0.2, 0.25) is 0 Å². The Morgan fingerprint density at radius 3 is 2.28 bits per heavy atom. The second-order valence-corrected chi connectivity index (χ2v) is 5.57. The summed E-state index contributed by atoms with van der Waals surface area (Å²) in [5.74, 6) is 0.545. The normalized spacial score (nSPS) is 10.1. The van der Waals surface area contributed by atoms with Crippen molar-refractivity contribution >= 4 is 17.3 Å². The lowest BCUT2D eigenvalue weighted by atomic mass is 10.1. The number of rotatable bonds is 6. The van der Waals surface area contributed by atoms with Gasteiger partial charge in [-0.15, -0.1) is 0 Å². The molecule has 0 aliphatic rings. The molecule has 0 unspecified atom stereocenters. The molecular weight excluding hydrogens is 312 g/mol. The number of anilines is 2. The maximum Gasteiger partial charge on any atom is 0.255 e. The number of hydrogen-bond donors (Lipinski definition) is 2. The van der Waals surface area contributed by atoms with Crippen LogP contribution in [0, 0.1) is 0 Å². The maximum atomic E-state index is 12.5. The molecule has 0 atom stereocenters. The first kappa shape index (κ1) is 16.6. The van der Waals surface area contributed by atoms with Gasteiger partial charge < -0.3 is 15.4 Å². The minimum Gasteiger partial charge on any atom is -0.495 e. The molecule has 4 nitrogen and oxygen atoms in total. The largest absolute Gasteiger partial charge is 0.495 e. The van der Waals surface area contributed by atoms with Gasteiger partial charge in [-0.1, -0.05) is 48.5 Å². The standard InChI is InChI=1S/C21H20N2O2/c1-25-20-13-12-17(21(24)23-18-10-6-3-7-11-18)14-19(20)22-15-16-8-4-2-5-9-16/h2-14,22H,15H2,1H3,(H,23,24). The van der Waals surface area contributed by atoms with Crippen molar-refractivity contribution in [2.45, 2.75) is 6.54 Å². The summed E-state index contributed by atoms with van der Waals surface area (Å²) in [6.45, 7) is 0.654. The molecule has 0 aliphatic carbocycles. The van der Waals surface area contributed by atoms with E-state index in [9.17, 15) is 4.79 Å². The van der Waals surface area contributed by atoms with Crippen molar-refractivity contribution in [3.05, 3.63) is 90.0 Å². The first-order valence-electron chi connectivity index (χ1n) is 8.08. The average Bonchev–Trinajstić information content (AvgIpc) is 2.67. The van der Waals surface area contributed by atoms with E-state index in [2.05, 4.69) is 10.6 Å². The average molecular weight is 332 g/mol. The number of hydrogen-bond acceptors (Lipinski definition) is 3. The van der Waals surface area contributed by atoms with Gasteiger partial charge in [0.1, 0.15) is 5.75 Å². The molecule has 4 heteroatoms. The molecule has 0 spiro atoms. The van der Waals surface area contributed by atoms with Gasteiger partial charge in [0.15, 0.2) is 0 Å². The lowest BCUT2D eigenvalue weighted by molar-refractivity contribution is 0.102. The van der Waals surface area contributed by atoms with Crippen molar-refractivity contribution in [3.8, 4) is 5.75 Å². The monoisotopic (exact) mass is 332 g/mol. The number of amides is 1. The SMILES string of the molecule is COc1ccc(C(=O)Nc2ccccc2)cc1NCc1ccccc1. The van der Waals surface area contributed by atoms with E-state index in [-0.39, 0.29) is 5.91 Å². The summed E-state index contributed by atoms with van der Waals surface area (Å²) in [5.41, 5.74) is 3.28. The van der Waals surface area contributed by atoms with Gasteiger partial charge in [0.05, 0.1) is 12.8 Å². The third kappa shape index (κ3) is 4.38. The molecule has 0 bridgehead atoms. The fourth-order valence-electron chi connectivity index (χ4n) is 2.51. The third-order valence-corrected chi connectivity index (χ3v) is 3.82. The molecule has 3 aromatic rings. The third-order valence-electron chi connectivity index (χ3n) is 3.82. The van der Waals surface area contributed by atoms with Crippen LogP contribution in [0.1, 0.15) is 15.9 Å². The Morgan fingerprint density at radius 1 is 0.920 bits per heavy atom. The fourth-order valence-corrected chi connectivity index (χ4v) is 2.51. The van der Waals surface area contributed by atoms with Crippen LogP contribution in [-0.2, 0) is 6.54 Å². The number of carbonyl (C=O) groups excluding carboxylic acids is 1. The molecule has 126 valence electrons. The molecule has 25 heavy (non-hydrogen) atoms. The number of para-hydroxylation sites is 1. The first-order chi connectivity index (χ1) is 12.3. The predicted molar refractivity (Wildman–Crippen MR) is 101 cm³/mol. The summed E-state index contributed by atoms with van der Waals surface area (Å²) in [5, 5.41) is 6.22. The Bertz CT molecular complexity index is 833. The van der Waals surface area contributed by atoms with Crippen LogP contribution in [-0.4, -0.2) is 13.0 Å². The quantitative estimate of drug-likeness (QED) is 0.696. The Hall–Kier alpha value is -3.27. The fraction of sp³-hybridized carbons (Fsp3) is 0.0952. The molecule has 1 amide bonds. The van der Waals surface area contributed by atoms with E-state index in [1.807, 2.05) is 60.7 Å². The zero-order chi connectivity index (χ0) is 17.5. The second-order valence-electron chi connectivity index (χ2n) is 5.57. The topological polar surface area (TPSA) is 50.4 Å². The van der Waals surface area contributed by atoms with E-state index < -0.39 is 0 Å². The van der Waals surface area contributed by atoms with Crippen LogP contribution >= 0.6 is 0 Å². The van der Waals surface area contributed by atoms with Crippen molar-refractivity contribution in [3.63, 3.8) is 0 Å². The lowest BCUT2D eigenvalue weighted by Gasteiger charge is -2.13. The van der Waals surface area contributed by atoms with Crippen molar-refractivity contribution < 1.29 is 9.53 Å². The molecule has 0 saturated heterocycles. The molecule has 3 aromatic carbocycles. The van der Waals surface area contributed by atoms with Crippen molar-refractivity contribution in [1.82, 2.24) is 0 Å². The molecule has 0 heterocycles. The van der Waals surface area contributed by atoms with Crippen molar-refractivity contribution in [2.24, 2.45) is 0 Å². The van der Waals surface area contributed by atoms with Gasteiger partial charge in [0, 0.05) is 17.8 Å². The van der Waals surface area contributed by atoms with E-state index in [1.165, 1.54) is 0 Å². The minimum absolute atomic E-state index is 0.156. The Labute approximate surface area is 147 Å². The highest BCUT2D eigenvalue weighted by Crippen LogP contribution is 2.26. The number of nitrogens with one attached hydrogen (secondary N) is 2. The molecule has 0 fully saturated rings. The van der Waals surface area contributed by atoms with Gasteiger partial charge in [-0.25, -0.2) is 0 Å². The predicted octanol–water partition coefficient (Wildman–Crippen LogP) is 4.56. The lowest BCUT2D eigenvalue weighted by Crippen LogP contribution is -2.12. The van der Waals surface area contributed by atoms with Crippen molar-refractivity contribution in [1.29, 1.82) is 0 Å². The molecule has 0 saturated carbocycles. The number of carbonyl (C=O) groups is 1. The summed E-state index contributed by atoms with van der Waals surface area (Å²) in [4.78, 5) is 12.5. The van der Waals surface area contributed by atoms with Crippen LogP contribution in [0.3, 0.4) is 0 Å². The highest BCUT2D eigenvalue weighted by Gasteiger charge is 2.10. The molecule has 0 radical (unpaired) electrons. The molecular formula is C21H20N2O2. The minimum atomic E-state index is -0.156. The molecule has 2 N–H and O–H groups in total. The number of benzene rings is 3. The molecule has 0 aliphatic heterocycles. The van der Waals surface area contributed by atoms with Crippen molar-refractivity contribution in [2.75, 3.05) is 17.7 Å². The summed E-state index contributed by atoms with van der Waals surface area (Å²) in [6.07, 6.45) is 0. The van der Waals surface area contributed by atoms with Gasteiger partial charge in [-0.05, 0) is 35.9 Å².